The molecule has 1 atom stereocenters. The second kappa shape index (κ2) is 7.66. The predicted octanol–water partition coefficient (Wildman–Crippen LogP) is 1.58. The highest BCUT2D eigenvalue weighted by molar-refractivity contribution is 5.77. The molecule has 0 radical (unpaired) electrons. The molecule has 0 N–H and O–H groups in total. The number of carbonyl (C=O) groups is 1. The summed E-state index contributed by atoms with van der Waals surface area (Å²) in [5, 5.41) is 0.423. The van der Waals surface area contributed by atoms with Crippen LogP contribution in [0.5, 0.6) is 0 Å². The van der Waals surface area contributed by atoms with Crippen LogP contribution in [0.2, 0.25) is 0 Å². The summed E-state index contributed by atoms with van der Waals surface area (Å²) in [6.45, 7) is 1.32. The topological polar surface area (TPSA) is 77.2 Å². The summed E-state index contributed by atoms with van der Waals surface area (Å²) in [4.78, 5) is 43.6. The van der Waals surface area contributed by atoms with Crippen LogP contribution in [0.4, 0.5) is 0 Å². The van der Waals surface area contributed by atoms with E-state index in [9.17, 15) is 14.4 Å². The number of amides is 1. The van der Waals surface area contributed by atoms with Gasteiger partial charge in [-0.15, -0.1) is 0 Å². The molecule has 0 spiro atoms. The van der Waals surface area contributed by atoms with Gasteiger partial charge in [0.25, 0.3) is 5.56 Å². The summed E-state index contributed by atoms with van der Waals surface area (Å²) in [6, 6.07) is 13.6. The monoisotopic (exact) mass is 392 g/mol. The lowest BCUT2D eigenvalue weighted by Crippen LogP contribution is -2.37. The van der Waals surface area contributed by atoms with Gasteiger partial charge in [0.15, 0.2) is 0 Å². The lowest BCUT2D eigenvalue weighted by atomic mass is 10.0. The molecule has 1 aliphatic rings. The Balaban J connectivity index is 1.50. The fraction of sp³-hybridized carbons (Fsp3) is 0.364. The first-order chi connectivity index (χ1) is 14.0. The van der Waals surface area contributed by atoms with Gasteiger partial charge in [0.1, 0.15) is 5.65 Å². The van der Waals surface area contributed by atoms with E-state index in [1.165, 1.54) is 11.6 Å². The van der Waals surface area contributed by atoms with Crippen molar-refractivity contribution in [1.29, 1.82) is 0 Å². The molecule has 0 saturated carbocycles. The van der Waals surface area contributed by atoms with Crippen molar-refractivity contribution in [2.75, 3.05) is 13.1 Å². The smallest absolute Gasteiger partial charge is 0.332 e. The zero-order valence-electron chi connectivity index (χ0n) is 16.7. The van der Waals surface area contributed by atoms with E-state index in [0.717, 1.165) is 28.7 Å². The van der Waals surface area contributed by atoms with E-state index in [1.807, 2.05) is 41.3 Å². The first kappa shape index (κ1) is 19.1. The van der Waals surface area contributed by atoms with Crippen molar-refractivity contribution < 1.29 is 4.79 Å². The Morgan fingerprint density at radius 3 is 2.59 bits per heavy atom. The maximum atomic E-state index is 12.6. The Morgan fingerprint density at radius 2 is 1.83 bits per heavy atom. The Labute approximate surface area is 168 Å². The maximum Gasteiger partial charge on any atom is 0.332 e. The van der Waals surface area contributed by atoms with E-state index in [0.29, 0.717) is 30.5 Å². The van der Waals surface area contributed by atoms with Crippen LogP contribution in [0.25, 0.3) is 11.0 Å². The van der Waals surface area contributed by atoms with Crippen molar-refractivity contribution in [3.05, 3.63) is 74.6 Å². The van der Waals surface area contributed by atoms with Crippen LogP contribution in [-0.4, -0.2) is 38.0 Å². The molecule has 0 aliphatic carbocycles. The second-order valence-electron chi connectivity index (χ2n) is 7.62. The maximum absolute atomic E-state index is 12.6. The van der Waals surface area contributed by atoms with Crippen molar-refractivity contribution in [2.45, 2.75) is 25.2 Å². The molecule has 3 heterocycles. The van der Waals surface area contributed by atoms with Crippen molar-refractivity contribution in [3.63, 3.8) is 0 Å². The zero-order chi connectivity index (χ0) is 20.5. The standard InChI is InChI=1S/C22H24N4O3/c1-24-20-17(21(28)25(2)22(24)29)9-10-18(23-20)16-12-13-26(14-16)19(27)11-8-15-6-4-3-5-7-15/h3-7,9-10,16H,8,11-14H2,1-2H3/t16-/m0/s1. The number of fused-ring (bicyclic) bond motifs is 1. The SMILES string of the molecule is Cn1c(=O)c2ccc([C@H]3CCN(C(=O)CCc4ccccc4)C3)nc2n(C)c1=O. The van der Waals surface area contributed by atoms with Crippen LogP contribution < -0.4 is 11.2 Å². The molecule has 7 heteroatoms. The molecule has 1 fully saturated rings. The Kier molecular flexibility index (Phi) is 5.05. The normalized spacial score (nSPS) is 16.5. The molecular formula is C22H24N4O3. The van der Waals surface area contributed by atoms with E-state index in [1.54, 1.807) is 13.1 Å². The first-order valence-corrected chi connectivity index (χ1v) is 9.84. The largest absolute Gasteiger partial charge is 0.342 e. The Hall–Kier alpha value is -3.22. The number of nitrogens with zero attached hydrogens (tertiary/aromatic N) is 4. The van der Waals surface area contributed by atoms with Crippen molar-refractivity contribution in [1.82, 2.24) is 19.0 Å². The summed E-state index contributed by atoms with van der Waals surface area (Å²) < 4.78 is 2.49. The van der Waals surface area contributed by atoms with Gasteiger partial charge in [-0.1, -0.05) is 30.3 Å². The second-order valence-corrected chi connectivity index (χ2v) is 7.62. The molecule has 150 valence electrons. The molecule has 1 saturated heterocycles. The first-order valence-electron chi connectivity index (χ1n) is 9.84. The van der Waals surface area contributed by atoms with Crippen LogP contribution in [0, 0.1) is 0 Å². The molecule has 1 amide bonds. The zero-order valence-corrected chi connectivity index (χ0v) is 16.7. The molecular weight excluding hydrogens is 368 g/mol. The Morgan fingerprint density at radius 1 is 1.07 bits per heavy atom. The van der Waals surface area contributed by atoms with E-state index >= 15 is 0 Å². The number of rotatable bonds is 4. The number of pyridine rings is 1. The lowest BCUT2D eigenvalue weighted by Gasteiger charge is -2.17. The van der Waals surface area contributed by atoms with Crippen LogP contribution in [-0.2, 0) is 25.3 Å². The van der Waals surface area contributed by atoms with E-state index in [-0.39, 0.29) is 17.4 Å². The summed E-state index contributed by atoms with van der Waals surface area (Å²) >= 11 is 0. The number of carbonyl (C=O) groups excluding carboxylic acids is 1. The van der Waals surface area contributed by atoms with Crippen molar-refractivity contribution in [2.24, 2.45) is 14.1 Å². The van der Waals surface area contributed by atoms with Gasteiger partial charge in [0.05, 0.1) is 5.39 Å². The quantitative estimate of drug-likeness (QED) is 0.676. The van der Waals surface area contributed by atoms with Gasteiger partial charge in [-0.2, -0.15) is 0 Å². The average molecular weight is 392 g/mol. The van der Waals surface area contributed by atoms with Gasteiger partial charge in [-0.05, 0) is 30.5 Å². The van der Waals surface area contributed by atoms with Gasteiger partial charge < -0.3 is 4.90 Å². The third kappa shape index (κ3) is 3.60. The molecule has 0 unspecified atom stereocenters. The van der Waals surface area contributed by atoms with Crippen LogP contribution >= 0.6 is 0 Å². The number of aryl methyl sites for hydroxylation is 2. The van der Waals surface area contributed by atoms with Crippen molar-refractivity contribution in [3.8, 4) is 0 Å². The summed E-state index contributed by atoms with van der Waals surface area (Å²) in [7, 11) is 3.09. The third-order valence-corrected chi connectivity index (χ3v) is 5.75. The summed E-state index contributed by atoms with van der Waals surface area (Å²) in [5.41, 5.74) is 1.64. The molecule has 1 aliphatic heterocycles. The van der Waals surface area contributed by atoms with Gasteiger partial charge >= 0.3 is 5.69 Å². The minimum Gasteiger partial charge on any atom is -0.342 e. The minimum atomic E-state index is -0.392. The highest BCUT2D eigenvalue weighted by Crippen LogP contribution is 2.27. The predicted molar refractivity (Wildman–Crippen MR) is 111 cm³/mol. The van der Waals surface area contributed by atoms with Crippen LogP contribution in [0.15, 0.2) is 52.1 Å². The van der Waals surface area contributed by atoms with Crippen LogP contribution in [0.3, 0.4) is 0 Å². The number of aromatic nitrogens is 3. The van der Waals surface area contributed by atoms with Gasteiger partial charge in [0, 0.05) is 45.2 Å². The average Bonchev–Trinajstić information content (AvgIpc) is 3.25. The summed E-state index contributed by atoms with van der Waals surface area (Å²) in [6.07, 6.45) is 2.06. The van der Waals surface area contributed by atoms with Gasteiger partial charge in [0.2, 0.25) is 5.91 Å². The fourth-order valence-corrected chi connectivity index (χ4v) is 3.98. The van der Waals surface area contributed by atoms with Crippen LogP contribution in [0.1, 0.15) is 30.0 Å². The van der Waals surface area contributed by atoms with E-state index in [2.05, 4.69) is 4.98 Å². The van der Waals surface area contributed by atoms with Gasteiger partial charge in [-0.25, -0.2) is 9.78 Å². The highest BCUT2D eigenvalue weighted by Gasteiger charge is 2.28. The lowest BCUT2D eigenvalue weighted by molar-refractivity contribution is -0.130. The molecule has 2 aromatic heterocycles. The number of benzene rings is 1. The molecule has 29 heavy (non-hydrogen) atoms. The highest BCUT2D eigenvalue weighted by atomic mass is 16.2. The van der Waals surface area contributed by atoms with Crippen molar-refractivity contribution >= 4 is 16.9 Å². The van der Waals surface area contributed by atoms with E-state index < -0.39 is 5.69 Å². The van der Waals surface area contributed by atoms with Gasteiger partial charge in [-0.3, -0.25) is 18.7 Å². The van der Waals surface area contributed by atoms with E-state index in [4.69, 9.17) is 0 Å². The molecule has 4 rings (SSSR count). The fourth-order valence-electron chi connectivity index (χ4n) is 3.98. The third-order valence-electron chi connectivity index (χ3n) is 5.75. The summed E-state index contributed by atoms with van der Waals surface area (Å²) in [5.74, 6) is 0.262. The number of hydrogen-bond donors (Lipinski definition) is 0. The number of likely N-dealkylation sites (tertiary alicyclic amines) is 1. The molecule has 3 aromatic rings. The molecule has 0 bridgehead atoms. The number of hydrogen-bond acceptors (Lipinski definition) is 4. The minimum absolute atomic E-state index is 0.110. The molecule has 7 nitrogen and oxygen atoms in total. The molecule has 1 aromatic carbocycles. The Bertz CT molecular complexity index is 1180.